The molecule has 0 radical (unpaired) electrons. The average Bonchev–Trinajstić information content (AvgIpc) is 2.33. The highest BCUT2D eigenvalue weighted by molar-refractivity contribution is 6.30. The van der Waals surface area contributed by atoms with Gasteiger partial charge in [-0.15, -0.1) is 0 Å². The van der Waals surface area contributed by atoms with Crippen LogP contribution in [0.15, 0.2) is 18.2 Å². The Kier molecular flexibility index (Phi) is 3.41. The van der Waals surface area contributed by atoms with Gasteiger partial charge in [0.15, 0.2) is 0 Å². The van der Waals surface area contributed by atoms with Crippen molar-refractivity contribution in [2.75, 3.05) is 26.3 Å². The van der Waals surface area contributed by atoms with E-state index in [9.17, 15) is 9.18 Å². The van der Waals surface area contributed by atoms with Crippen molar-refractivity contribution in [1.29, 1.82) is 0 Å². The number of halogens is 2. The van der Waals surface area contributed by atoms with Crippen molar-refractivity contribution in [3.05, 3.63) is 34.6 Å². The molecular weight excluding hydrogens is 233 g/mol. The minimum Gasteiger partial charge on any atom is -0.378 e. The summed E-state index contributed by atoms with van der Waals surface area (Å²) < 4.78 is 18.3. The largest absolute Gasteiger partial charge is 0.378 e. The van der Waals surface area contributed by atoms with Gasteiger partial charge in [-0.1, -0.05) is 11.6 Å². The lowest BCUT2D eigenvalue weighted by Crippen LogP contribution is -2.40. The molecule has 0 unspecified atom stereocenters. The van der Waals surface area contributed by atoms with Crippen molar-refractivity contribution in [3.8, 4) is 0 Å². The highest BCUT2D eigenvalue weighted by atomic mass is 35.5. The van der Waals surface area contributed by atoms with Gasteiger partial charge in [0.2, 0.25) is 0 Å². The standard InChI is InChI=1S/C11H11ClFNO2/c12-9-2-1-8(7-10(9)13)11(15)14-3-5-16-6-4-14/h1-2,7H,3-6H2. The minimum absolute atomic E-state index is 0.0264. The van der Waals surface area contributed by atoms with Crippen molar-refractivity contribution >= 4 is 17.5 Å². The molecule has 1 fully saturated rings. The Morgan fingerprint density at radius 2 is 2.06 bits per heavy atom. The molecule has 3 nitrogen and oxygen atoms in total. The number of morpholine rings is 1. The second-order valence-corrected chi connectivity index (χ2v) is 3.94. The van der Waals surface area contributed by atoms with Gasteiger partial charge in [0.25, 0.3) is 5.91 Å². The van der Waals surface area contributed by atoms with Gasteiger partial charge in [-0.25, -0.2) is 4.39 Å². The van der Waals surface area contributed by atoms with Gasteiger partial charge in [-0.2, -0.15) is 0 Å². The van der Waals surface area contributed by atoms with Crippen LogP contribution in [0.4, 0.5) is 4.39 Å². The first-order valence-electron chi connectivity index (χ1n) is 5.00. The SMILES string of the molecule is O=C(c1ccc(Cl)c(F)c1)N1CCOCC1. The number of rotatable bonds is 1. The summed E-state index contributed by atoms with van der Waals surface area (Å²) in [6.07, 6.45) is 0. The molecule has 1 aliphatic heterocycles. The molecule has 5 heteroatoms. The maximum absolute atomic E-state index is 13.2. The lowest BCUT2D eigenvalue weighted by Gasteiger charge is -2.26. The third-order valence-electron chi connectivity index (χ3n) is 2.46. The zero-order valence-corrected chi connectivity index (χ0v) is 9.34. The molecule has 16 heavy (non-hydrogen) atoms. The molecule has 0 aliphatic carbocycles. The van der Waals surface area contributed by atoms with Crippen LogP contribution in [0.5, 0.6) is 0 Å². The molecule has 86 valence electrons. The number of carbonyl (C=O) groups is 1. The first kappa shape index (κ1) is 11.4. The van der Waals surface area contributed by atoms with Crippen molar-refractivity contribution in [1.82, 2.24) is 4.90 Å². The fraction of sp³-hybridized carbons (Fsp3) is 0.364. The van der Waals surface area contributed by atoms with Gasteiger partial charge in [-0.05, 0) is 18.2 Å². The number of amides is 1. The van der Waals surface area contributed by atoms with Crippen molar-refractivity contribution < 1.29 is 13.9 Å². The van der Waals surface area contributed by atoms with Crippen LogP contribution in [0, 0.1) is 5.82 Å². The molecule has 0 aromatic heterocycles. The first-order chi connectivity index (χ1) is 7.68. The number of ether oxygens (including phenoxy) is 1. The highest BCUT2D eigenvalue weighted by Crippen LogP contribution is 2.17. The Balaban J connectivity index is 2.16. The third kappa shape index (κ3) is 2.33. The van der Waals surface area contributed by atoms with Gasteiger partial charge in [0, 0.05) is 18.7 Å². The minimum atomic E-state index is -0.569. The molecule has 1 heterocycles. The Bertz CT molecular complexity index is 405. The molecule has 0 saturated carbocycles. The predicted molar refractivity (Wildman–Crippen MR) is 58.1 cm³/mol. The van der Waals surface area contributed by atoms with E-state index < -0.39 is 5.82 Å². The molecule has 0 N–H and O–H groups in total. The third-order valence-corrected chi connectivity index (χ3v) is 2.77. The van der Waals surface area contributed by atoms with Crippen molar-refractivity contribution in [2.45, 2.75) is 0 Å². The first-order valence-corrected chi connectivity index (χ1v) is 5.38. The predicted octanol–water partition coefficient (Wildman–Crippen LogP) is 1.95. The molecule has 1 aliphatic rings. The summed E-state index contributed by atoms with van der Waals surface area (Å²) in [6.45, 7) is 2.15. The van der Waals surface area contributed by atoms with E-state index in [4.69, 9.17) is 16.3 Å². The second-order valence-electron chi connectivity index (χ2n) is 3.53. The van der Waals surface area contributed by atoms with Crippen molar-refractivity contribution in [2.24, 2.45) is 0 Å². The Hall–Kier alpha value is -1.13. The molecule has 1 saturated heterocycles. The lowest BCUT2D eigenvalue weighted by atomic mass is 10.2. The van der Waals surface area contributed by atoms with Gasteiger partial charge >= 0.3 is 0 Å². The van der Waals surface area contributed by atoms with E-state index in [-0.39, 0.29) is 10.9 Å². The van der Waals surface area contributed by atoms with Crippen LogP contribution < -0.4 is 0 Å². The fourth-order valence-electron chi connectivity index (χ4n) is 1.58. The topological polar surface area (TPSA) is 29.5 Å². The zero-order valence-electron chi connectivity index (χ0n) is 8.58. The number of benzene rings is 1. The quantitative estimate of drug-likeness (QED) is 0.755. The van der Waals surface area contributed by atoms with E-state index in [2.05, 4.69) is 0 Å². The molecular formula is C11H11ClFNO2. The van der Waals surface area contributed by atoms with Crippen LogP contribution in [-0.2, 0) is 4.74 Å². The molecule has 2 rings (SSSR count). The fourth-order valence-corrected chi connectivity index (χ4v) is 1.70. The van der Waals surface area contributed by atoms with Crippen LogP contribution in [0.2, 0.25) is 5.02 Å². The van der Waals surface area contributed by atoms with Gasteiger partial charge in [0.05, 0.1) is 18.2 Å². The summed E-state index contributed by atoms with van der Waals surface area (Å²) in [4.78, 5) is 13.6. The number of hydrogen-bond donors (Lipinski definition) is 0. The molecule has 0 bridgehead atoms. The Labute approximate surface area is 97.8 Å². The summed E-state index contributed by atoms with van der Waals surface area (Å²) in [5.74, 6) is -0.750. The number of hydrogen-bond acceptors (Lipinski definition) is 2. The van der Waals surface area contributed by atoms with E-state index in [1.54, 1.807) is 4.90 Å². The highest BCUT2D eigenvalue weighted by Gasteiger charge is 2.19. The van der Waals surface area contributed by atoms with Crippen LogP contribution in [0.25, 0.3) is 0 Å². The monoisotopic (exact) mass is 243 g/mol. The molecule has 0 atom stereocenters. The van der Waals surface area contributed by atoms with Crippen LogP contribution in [-0.4, -0.2) is 37.1 Å². The van der Waals surface area contributed by atoms with E-state index in [0.717, 1.165) is 0 Å². The van der Waals surface area contributed by atoms with Crippen molar-refractivity contribution in [3.63, 3.8) is 0 Å². The smallest absolute Gasteiger partial charge is 0.254 e. The summed E-state index contributed by atoms with van der Waals surface area (Å²) in [5, 5.41) is 0.0264. The van der Waals surface area contributed by atoms with E-state index in [0.29, 0.717) is 31.9 Å². The Morgan fingerprint density at radius 3 is 2.69 bits per heavy atom. The maximum atomic E-state index is 13.2. The van der Waals surface area contributed by atoms with Gasteiger partial charge in [-0.3, -0.25) is 4.79 Å². The number of nitrogens with zero attached hydrogens (tertiary/aromatic N) is 1. The normalized spacial score (nSPS) is 16.2. The van der Waals surface area contributed by atoms with Crippen LogP contribution in [0.3, 0.4) is 0 Å². The van der Waals surface area contributed by atoms with E-state index in [1.807, 2.05) is 0 Å². The molecule has 1 aromatic rings. The molecule has 0 spiro atoms. The summed E-state index contributed by atoms with van der Waals surface area (Å²) >= 11 is 5.55. The van der Waals surface area contributed by atoms with E-state index >= 15 is 0 Å². The maximum Gasteiger partial charge on any atom is 0.254 e. The summed E-state index contributed by atoms with van der Waals surface area (Å²) in [7, 11) is 0. The average molecular weight is 244 g/mol. The molecule has 1 amide bonds. The van der Waals surface area contributed by atoms with Crippen LogP contribution in [0.1, 0.15) is 10.4 Å². The number of carbonyl (C=O) groups excluding carboxylic acids is 1. The zero-order chi connectivity index (χ0) is 11.5. The Morgan fingerprint density at radius 1 is 1.38 bits per heavy atom. The lowest BCUT2D eigenvalue weighted by molar-refractivity contribution is 0.0302. The summed E-state index contributed by atoms with van der Waals surface area (Å²) in [6, 6.07) is 4.09. The summed E-state index contributed by atoms with van der Waals surface area (Å²) in [5.41, 5.74) is 0.323. The van der Waals surface area contributed by atoms with E-state index in [1.165, 1.54) is 18.2 Å². The second kappa shape index (κ2) is 4.80. The molecule has 1 aromatic carbocycles. The van der Waals surface area contributed by atoms with Crippen LogP contribution >= 0.6 is 11.6 Å². The van der Waals surface area contributed by atoms with Gasteiger partial charge in [0.1, 0.15) is 5.82 Å². The van der Waals surface area contributed by atoms with Gasteiger partial charge < -0.3 is 9.64 Å².